The number of carboxylic acid groups (broad SMARTS) is 1. The number of amides is 2. The Kier molecular flexibility index (Phi) is 7.50. The van der Waals surface area contributed by atoms with Gasteiger partial charge in [0.15, 0.2) is 0 Å². The molecular formula is C25H28N2O6. The Labute approximate surface area is 192 Å². The zero-order valence-electron chi connectivity index (χ0n) is 18.7. The lowest BCUT2D eigenvalue weighted by Crippen LogP contribution is -2.61. The molecule has 8 heteroatoms. The second kappa shape index (κ2) is 10.3. The normalized spacial score (nSPS) is 13.9. The molecule has 2 aromatic carbocycles. The Bertz CT molecular complexity index is 1010. The minimum Gasteiger partial charge on any atom is -0.480 e. The lowest BCUT2D eigenvalue weighted by atomic mass is 9.98. The summed E-state index contributed by atoms with van der Waals surface area (Å²) in [6.07, 6.45) is 0.625. The molecule has 0 fully saturated rings. The molecule has 1 aliphatic carbocycles. The second-order valence-corrected chi connectivity index (χ2v) is 8.08. The number of alkyl carbamates (subject to hydrolysis) is 1. The summed E-state index contributed by atoms with van der Waals surface area (Å²) in [6.45, 7) is 4.43. The van der Waals surface area contributed by atoms with E-state index in [-0.39, 0.29) is 25.7 Å². The smallest absolute Gasteiger partial charge is 0.408 e. The van der Waals surface area contributed by atoms with Crippen molar-refractivity contribution < 1.29 is 29.0 Å². The van der Waals surface area contributed by atoms with Crippen molar-refractivity contribution in [1.82, 2.24) is 10.2 Å². The van der Waals surface area contributed by atoms with Crippen molar-refractivity contribution in [2.45, 2.75) is 18.4 Å². The number of methoxy groups -OCH3 is 1. The minimum absolute atomic E-state index is 0.0107. The average molecular weight is 453 g/mol. The Morgan fingerprint density at radius 1 is 1.12 bits per heavy atom. The lowest BCUT2D eigenvalue weighted by molar-refractivity contribution is -0.147. The summed E-state index contributed by atoms with van der Waals surface area (Å²) in [5.74, 6) is -1.91. The standard InChI is InChI=1S/C25H28N2O6/c1-4-13-27(14-22(28)29)23(30)25(2,16-32-3)26-24(31)33-15-21-19-11-7-5-9-17(19)18-10-6-8-12-20(18)21/h4-12,21H,1,13-16H2,2-3H3,(H,26,31)(H,28,29). The highest BCUT2D eigenvalue weighted by Crippen LogP contribution is 2.44. The molecule has 1 unspecified atom stereocenters. The summed E-state index contributed by atoms with van der Waals surface area (Å²) >= 11 is 0. The fourth-order valence-corrected chi connectivity index (χ4v) is 4.19. The maximum Gasteiger partial charge on any atom is 0.408 e. The van der Waals surface area contributed by atoms with Crippen molar-refractivity contribution in [3.63, 3.8) is 0 Å². The van der Waals surface area contributed by atoms with E-state index in [2.05, 4.69) is 11.9 Å². The van der Waals surface area contributed by atoms with E-state index in [1.165, 1.54) is 20.1 Å². The molecule has 0 aliphatic heterocycles. The van der Waals surface area contributed by atoms with E-state index in [4.69, 9.17) is 14.6 Å². The third kappa shape index (κ3) is 5.23. The van der Waals surface area contributed by atoms with E-state index >= 15 is 0 Å². The van der Waals surface area contributed by atoms with Gasteiger partial charge in [-0.05, 0) is 29.2 Å². The van der Waals surface area contributed by atoms with Crippen molar-refractivity contribution >= 4 is 18.0 Å². The molecule has 0 radical (unpaired) electrons. The third-order valence-corrected chi connectivity index (χ3v) is 5.59. The van der Waals surface area contributed by atoms with Gasteiger partial charge in [0.05, 0.1) is 6.61 Å². The number of carbonyl (C=O) groups is 3. The van der Waals surface area contributed by atoms with Gasteiger partial charge in [0.2, 0.25) is 0 Å². The molecule has 3 rings (SSSR count). The molecule has 0 saturated carbocycles. The molecule has 0 saturated heterocycles. The van der Waals surface area contributed by atoms with Crippen molar-refractivity contribution in [3.05, 3.63) is 72.3 Å². The largest absolute Gasteiger partial charge is 0.480 e. The molecule has 1 atom stereocenters. The van der Waals surface area contributed by atoms with E-state index in [0.29, 0.717) is 0 Å². The summed E-state index contributed by atoms with van der Waals surface area (Å²) in [6, 6.07) is 15.9. The Hall–Kier alpha value is -3.65. The van der Waals surface area contributed by atoms with Crippen LogP contribution in [0.5, 0.6) is 0 Å². The molecule has 2 N–H and O–H groups in total. The number of ether oxygens (including phenoxy) is 2. The molecule has 174 valence electrons. The molecule has 1 aliphatic rings. The Balaban J connectivity index is 1.73. The number of carbonyl (C=O) groups excluding carboxylic acids is 2. The van der Waals surface area contributed by atoms with Crippen LogP contribution in [0.15, 0.2) is 61.2 Å². The summed E-state index contributed by atoms with van der Waals surface area (Å²) in [4.78, 5) is 38.1. The lowest BCUT2D eigenvalue weighted by Gasteiger charge is -2.33. The van der Waals surface area contributed by atoms with E-state index < -0.39 is 30.1 Å². The minimum atomic E-state index is -1.52. The molecule has 0 spiro atoms. The highest BCUT2D eigenvalue weighted by molar-refractivity contribution is 5.92. The predicted octanol–water partition coefficient (Wildman–Crippen LogP) is 3.03. The quantitative estimate of drug-likeness (QED) is 0.537. The van der Waals surface area contributed by atoms with Crippen LogP contribution in [-0.4, -0.2) is 66.9 Å². The van der Waals surface area contributed by atoms with Gasteiger partial charge < -0.3 is 24.8 Å². The number of hydrogen-bond acceptors (Lipinski definition) is 5. The Morgan fingerprint density at radius 3 is 2.21 bits per heavy atom. The fourth-order valence-electron chi connectivity index (χ4n) is 4.19. The van der Waals surface area contributed by atoms with Crippen LogP contribution < -0.4 is 5.32 Å². The number of rotatable bonds is 10. The highest BCUT2D eigenvalue weighted by atomic mass is 16.5. The van der Waals surface area contributed by atoms with Crippen LogP contribution in [0, 0.1) is 0 Å². The van der Waals surface area contributed by atoms with Gasteiger partial charge >= 0.3 is 12.1 Å². The number of fused-ring (bicyclic) bond motifs is 3. The van der Waals surface area contributed by atoms with Gasteiger partial charge in [-0.15, -0.1) is 6.58 Å². The predicted molar refractivity (Wildman–Crippen MR) is 123 cm³/mol. The summed E-state index contributed by atoms with van der Waals surface area (Å²) in [7, 11) is 1.39. The van der Waals surface area contributed by atoms with Crippen LogP contribution in [0.1, 0.15) is 24.0 Å². The second-order valence-electron chi connectivity index (χ2n) is 8.08. The molecule has 0 aromatic heterocycles. The molecular weight excluding hydrogens is 424 g/mol. The SMILES string of the molecule is C=CCN(CC(=O)O)C(=O)C(C)(COC)NC(=O)OCC1c2ccccc2-c2ccccc21. The maximum atomic E-state index is 13.1. The average Bonchev–Trinajstić information content (AvgIpc) is 3.10. The first-order chi connectivity index (χ1) is 15.8. The van der Waals surface area contributed by atoms with Crippen LogP contribution in [-0.2, 0) is 19.1 Å². The van der Waals surface area contributed by atoms with Crippen molar-refractivity contribution in [3.8, 4) is 11.1 Å². The molecule has 2 amide bonds. The maximum absolute atomic E-state index is 13.1. The number of carboxylic acids is 1. The van der Waals surface area contributed by atoms with Crippen LogP contribution in [0.4, 0.5) is 4.79 Å². The summed E-state index contributed by atoms with van der Waals surface area (Å²) in [5, 5.41) is 11.7. The van der Waals surface area contributed by atoms with Crippen LogP contribution in [0.25, 0.3) is 11.1 Å². The van der Waals surface area contributed by atoms with E-state index in [0.717, 1.165) is 27.2 Å². The van der Waals surface area contributed by atoms with Gasteiger partial charge in [-0.25, -0.2) is 4.79 Å². The van der Waals surface area contributed by atoms with Crippen molar-refractivity contribution in [1.29, 1.82) is 0 Å². The van der Waals surface area contributed by atoms with Gasteiger partial charge in [0.1, 0.15) is 18.7 Å². The van der Waals surface area contributed by atoms with Crippen LogP contribution in [0.2, 0.25) is 0 Å². The monoisotopic (exact) mass is 452 g/mol. The first-order valence-corrected chi connectivity index (χ1v) is 10.5. The number of nitrogens with one attached hydrogen (secondary N) is 1. The van der Waals surface area contributed by atoms with Gasteiger partial charge in [-0.2, -0.15) is 0 Å². The van der Waals surface area contributed by atoms with Crippen LogP contribution >= 0.6 is 0 Å². The molecule has 33 heavy (non-hydrogen) atoms. The highest BCUT2D eigenvalue weighted by Gasteiger charge is 2.39. The molecule has 8 nitrogen and oxygen atoms in total. The van der Waals surface area contributed by atoms with Crippen LogP contribution in [0.3, 0.4) is 0 Å². The summed E-state index contributed by atoms with van der Waals surface area (Å²) < 4.78 is 10.7. The van der Waals surface area contributed by atoms with E-state index in [1.54, 1.807) is 0 Å². The number of aliphatic carboxylic acids is 1. The molecule has 2 aromatic rings. The Morgan fingerprint density at radius 2 is 1.70 bits per heavy atom. The van der Waals surface area contributed by atoms with Crippen molar-refractivity contribution in [2.24, 2.45) is 0 Å². The summed E-state index contributed by atoms with van der Waals surface area (Å²) in [5.41, 5.74) is 2.84. The molecule has 0 heterocycles. The zero-order chi connectivity index (χ0) is 24.0. The van der Waals surface area contributed by atoms with Gasteiger partial charge in [0.25, 0.3) is 5.91 Å². The number of benzene rings is 2. The van der Waals surface area contributed by atoms with Gasteiger partial charge in [-0.3, -0.25) is 9.59 Å². The first-order valence-electron chi connectivity index (χ1n) is 10.5. The van der Waals surface area contributed by atoms with Gasteiger partial charge in [-0.1, -0.05) is 54.6 Å². The number of hydrogen-bond donors (Lipinski definition) is 2. The van der Waals surface area contributed by atoms with E-state index in [1.807, 2.05) is 48.5 Å². The molecule has 0 bridgehead atoms. The van der Waals surface area contributed by atoms with Gasteiger partial charge in [0, 0.05) is 19.6 Å². The zero-order valence-corrected chi connectivity index (χ0v) is 18.7. The fraction of sp³-hybridized carbons (Fsp3) is 0.320. The first kappa shape index (κ1) is 24.0. The van der Waals surface area contributed by atoms with Crippen molar-refractivity contribution in [2.75, 3.05) is 33.4 Å². The third-order valence-electron chi connectivity index (χ3n) is 5.59. The number of nitrogens with zero attached hydrogens (tertiary/aromatic N) is 1. The topological polar surface area (TPSA) is 105 Å². The van der Waals surface area contributed by atoms with E-state index in [9.17, 15) is 14.4 Å².